The summed E-state index contributed by atoms with van der Waals surface area (Å²) in [4.78, 5) is 25.1. The van der Waals surface area contributed by atoms with Crippen molar-refractivity contribution in [3.05, 3.63) is 29.8 Å². The SMILES string of the molecule is CC1(C)CNC(=O)N(c2ccc(C#N)cc2)C1=O. The molecule has 1 fully saturated rings. The highest BCUT2D eigenvalue weighted by molar-refractivity contribution is 6.17. The highest BCUT2D eigenvalue weighted by atomic mass is 16.2. The Balaban J connectivity index is 2.38. The molecule has 5 heteroatoms. The minimum atomic E-state index is -0.623. The summed E-state index contributed by atoms with van der Waals surface area (Å²) >= 11 is 0. The van der Waals surface area contributed by atoms with Gasteiger partial charge in [0.1, 0.15) is 0 Å². The molecule has 0 aliphatic carbocycles. The highest BCUT2D eigenvalue weighted by Gasteiger charge is 2.40. The molecule has 0 aromatic heterocycles. The molecule has 0 spiro atoms. The molecule has 1 heterocycles. The van der Waals surface area contributed by atoms with Crippen molar-refractivity contribution in [2.24, 2.45) is 5.41 Å². The van der Waals surface area contributed by atoms with E-state index in [1.807, 2.05) is 6.07 Å². The number of amides is 3. The fourth-order valence-corrected chi connectivity index (χ4v) is 1.77. The molecule has 0 saturated carbocycles. The number of hydrogen-bond donors (Lipinski definition) is 1. The van der Waals surface area contributed by atoms with E-state index in [0.29, 0.717) is 17.8 Å². The lowest BCUT2D eigenvalue weighted by Gasteiger charge is -2.36. The van der Waals surface area contributed by atoms with Gasteiger partial charge in [-0.05, 0) is 38.1 Å². The third kappa shape index (κ3) is 1.93. The van der Waals surface area contributed by atoms with E-state index in [1.165, 1.54) is 0 Å². The zero-order valence-corrected chi connectivity index (χ0v) is 10.2. The van der Waals surface area contributed by atoms with Gasteiger partial charge in [-0.3, -0.25) is 4.79 Å². The van der Waals surface area contributed by atoms with Crippen LogP contribution in [0.2, 0.25) is 0 Å². The zero-order chi connectivity index (χ0) is 13.3. The zero-order valence-electron chi connectivity index (χ0n) is 10.2. The van der Waals surface area contributed by atoms with Crippen molar-refractivity contribution < 1.29 is 9.59 Å². The first-order valence-electron chi connectivity index (χ1n) is 5.58. The van der Waals surface area contributed by atoms with Crippen LogP contribution in [0.1, 0.15) is 19.4 Å². The van der Waals surface area contributed by atoms with E-state index >= 15 is 0 Å². The molecule has 1 aromatic carbocycles. The summed E-state index contributed by atoms with van der Waals surface area (Å²) in [6, 6.07) is 7.92. The molecule has 1 aliphatic rings. The fraction of sp³-hybridized carbons (Fsp3) is 0.308. The minimum absolute atomic E-state index is 0.240. The molecule has 18 heavy (non-hydrogen) atoms. The second-order valence-corrected chi connectivity index (χ2v) is 4.84. The predicted octanol–water partition coefficient (Wildman–Crippen LogP) is 1.64. The molecular formula is C13H13N3O2. The third-order valence-corrected chi connectivity index (χ3v) is 2.92. The van der Waals surface area contributed by atoms with E-state index in [1.54, 1.807) is 38.1 Å². The van der Waals surface area contributed by atoms with Gasteiger partial charge in [0.15, 0.2) is 0 Å². The summed E-state index contributed by atoms with van der Waals surface area (Å²) in [5, 5.41) is 11.4. The number of imide groups is 1. The average Bonchev–Trinajstić information content (AvgIpc) is 2.36. The smallest absolute Gasteiger partial charge is 0.328 e. The molecular weight excluding hydrogens is 230 g/mol. The maximum absolute atomic E-state index is 12.2. The van der Waals surface area contributed by atoms with Gasteiger partial charge in [-0.25, -0.2) is 9.69 Å². The van der Waals surface area contributed by atoms with Crippen LogP contribution in [-0.4, -0.2) is 18.5 Å². The summed E-state index contributed by atoms with van der Waals surface area (Å²) in [6.07, 6.45) is 0. The quantitative estimate of drug-likeness (QED) is 0.814. The van der Waals surface area contributed by atoms with E-state index in [0.717, 1.165) is 4.90 Å². The number of nitrogens with zero attached hydrogens (tertiary/aromatic N) is 2. The van der Waals surface area contributed by atoms with Crippen molar-refractivity contribution in [2.45, 2.75) is 13.8 Å². The maximum Gasteiger partial charge on any atom is 0.328 e. The van der Waals surface area contributed by atoms with E-state index in [-0.39, 0.29) is 5.91 Å². The number of rotatable bonds is 1. The standard InChI is InChI=1S/C13H13N3O2/c1-13(2)8-15-12(18)16(11(13)17)10-5-3-9(7-14)4-6-10/h3-6H,8H2,1-2H3,(H,15,18). The Kier molecular flexibility index (Phi) is 2.79. The molecule has 0 bridgehead atoms. The van der Waals surface area contributed by atoms with Crippen LogP contribution in [0.15, 0.2) is 24.3 Å². The summed E-state index contributed by atoms with van der Waals surface area (Å²) in [5.74, 6) is -0.240. The van der Waals surface area contributed by atoms with Crippen molar-refractivity contribution in [1.82, 2.24) is 5.32 Å². The minimum Gasteiger partial charge on any atom is -0.336 e. The Bertz CT molecular complexity index is 540. The number of anilines is 1. The molecule has 2 rings (SSSR count). The fourth-order valence-electron chi connectivity index (χ4n) is 1.77. The van der Waals surface area contributed by atoms with Crippen LogP contribution in [0.4, 0.5) is 10.5 Å². The summed E-state index contributed by atoms with van der Waals surface area (Å²) in [6.45, 7) is 3.90. The predicted molar refractivity (Wildman–Crippen MR) is 65.8 cm³/mol. The normalized spacial score (nSPS) is 18.2. The Morgan fingerprint density at radius 2 is 1.89 bits per heavy atom. The van der Waals surface area contributed by atoms with Gasteiger partial charge in [-0.15, -0.1) is 0 Å². The van der Waals surface area contributed by atoms with Gasteiger partial charge in [0.2, 0.25) is 5.91 Å². The van der Waals surface area contributed by atoms with Gasteiger partial charge in [0.05, 0.1) is 22.7 Å². The third-order valence-electron chi connectivity index (χ3n) is 2.92. The molecule has 1 saturated heterocycles. The molecule has 0 atom stereocenters. The van der Waals surface area contributed by atoms with Crippen LogP contribution in [0, 0.1) is 16.7 Å². The lowest BCUT2D eigenvalue weighted by Crippen LogP contribution is -2.59. The first kappa shape index (κ1) is 12.1. The van der Waals surface area contributed by atoms with Crippen molar-refractivity contribution in [1.29, 1.82) is 5.26 Å². The number of nitrogens with one attached hydrogen (secondary N) is 1. The average molecular weight is 243 g/mol. The van der Waals surface area contributed by atoms with Gasteiger partial charge >= 0.3 is 6.03 Å². The van der Waals surface area contributed by atoms with E-state index < -0.39 is 11.4 Å². The number of urea groups is 1. The van der Waals surface area contributed by atoms with Crippen LogP contribution in [0.3, 0.4) is 0 Å². The van der Waals surface area contributed by atoms with Gasteiger partial charge in [0.25, 0.3) is 0 Å². The van der Waals surface area contributed by atoms with Crippen molar-refractivity contribution in [2.75, 3.05) is 11.4 Å². The van der Waals surface area contributed by atoms with Gasteiger partial charge in [-0.1, -0.05) is 0 Å². The second kappa shape index (κ2) is 4.15. The number of hydrogen-bond acceptors (Lipinski definition) is 3. The van der Waals surface area contributed by atoms with Gasteiger partial charge in [-0.2, -0.15) is 5.26 Å². The highest BCUT2D eigenvalue weighted by Crippen LogP contribution is 2.26. The monoisotopic (exact) mass is 243 g/mol. The van der Waals surface area contributed by atoms with E-state index in [2.05, 4.69) is 5.32 Å². The Labute approximate surface area is 105 Å². The summed E-state index contributed by atoms with van der Waals surface area (Å²) < 4.78 is 0. The van der Waals surface area contributed by atoms with Crippen LogP contribution >= 0.6 is 0 Å². The van der Waals surface area contributed by atoms with Crippen LogP contribution < -0.4 is 10.2 Å². The topological polar surface area (TPSA) is 73.2 Å². The molecule has 3 amide bonds. The molecule has 1 aliphatic heterocycles. The summed E-state index contributed by atoms with van der Waals surface area (Å²) in [7, 11) is 0. The van der Waals surface area contributed by atoms with Crippen molar-refractivity contribution in [3.8, 4) is 6.07 Å². The molecule has 1 N–H and O–H groups in total. The second-order valence-electron chi connectivity index (χ2n) is 4.84. The van der Waals surface area contributed by atoms with E-state index in [9.17, 15) is 9.59 Å². The number of nitriles is 1. The van der Waals surface area contributed by atoms with Crippen molar-refractivity contribution >= 4 is 17.6 Å². The van der Waals surface area contributed by atoms with Crippen LogP contribution in [0.5, 0.6) is 0 Å². The Hall–Kier alpha value is -2.35. The van der Waals surface area contributed by atoms with Gasteiger partial charge in [0, 0.05) is 6.54 Å². The van der Waals surface area contributed by atoms with Crippen LogP contribution in [0.25, 0.3) is 0 Å². The molecule has 0 unspecified atom stereocenters. The first-order chi connectivity index (χ1) is 8.45. The number of carbonyl (C=O) groups is 2. The molecule has 1 aromatic rings. The summed E-state index contributed by atoms with van der Waals surface area (Å²) in [5.41, 5.74) is 0.342. The number of carbonyl (C=O) groups excluding carboxylic acids is 2. The largest absolute Gasteiger partial charge is 0.336 e. The Morgan fingerprint density at radius 1 is 1.28 bits per heavy atom. The first-order valence-corrected chi connectivity index (χ1v) is 5.58. The lowest BCUT2D eigenvalue weighted by atomic mass is 9.89. The maximum atomic E-state index is 12.2. The molecule has 92 valence electrons. The molecule has 5 nitrogen and oxygen atoms in total. The van der Waals surface area contributed by atoms with Crippen LogP contribution in [-0.2, 0) is 4.79 Å². The molecule has 0 radical (unpaired) electrons. The van der Waals surface area contributed by atoms with Gasteiger partial charge < -0.3 is 5.32 Å². The lowest BCUT2D eigenvalue weighted by molar-refractivity contribution is -0.126. The van der Waals surface area contributed by atoms with Crippen molar-refractivity contribution in [3.63, 3.8) is 0 Å². The Morgan fingerprint density at radius 3 is 2.44 bits per heavy atom. The number of benzene rings is 1. The van der Waals surface area contributed by atoms with E-state index in [4.69, 9.17) is 5.26 Å².